The Morgan fingerprint density at radius 1 is 1.00 bits per heavy atom. The number of benzene rings is 2. The van der Waals surface area contributed by atoms with E-state index in [1.807, 2.05) is 23.5 Å². The molecule has 1 unspecified atom stereocenters. The van der Waals surface area contributed by atoms with Crippen molar-refractivity contribution in [2.45, 2.75) is 26.8 Å². The van der Waals surface area contributed by atoms with Crippen molar-refractivity contribution < 1.29 is 0 Å². The number of nitrogens with one attached hydrogen (secondary N) is 1. The van der Waals surface area contributed by atoms with Crippen LogP contribution >= 0.6 is 22.9 Å². The Morgan fingerprint density at radius 2 is 1.76 bits per heavy atom. The lowest BCUT2D eigenvalue weighted by Crippen LogP contribution is -2.07. The molecule has 3 aromatic rings. The number of thiophene rings is 1. The van der Waals surface area contributed by atoms with Crippen LogP contribution in [0.5, 0.6) is 0 Å². The maximum absolute atomic E-state index is 6.20. The minimum atomic E-state index is 0.263. The summed E-state index contributed by atoms with van der Waals surface area (Å²) < 4.78 is 1.35. The average molecular weight is 316 g/mol. The van der Waals surface area contributed by atoms with Gasteiger partial charge in [-0.1, -0.05) is 35.9 Å². The molecule has 0 radical (unpaired) electrons. The Kier molecular flexibility index (Phi) is 3.92. The van der Waals surface area contributed by atoms with Crippen LogP contribution < -0.4 is 5.32 Å². The molecule has 0 spiro atoms. The highest BCUT2D eigenvalue weighted by Gasteiger charge is 2.15. The average Bonchev–Trinajstić information content (AvgIpc) is 2.82. The lowest BCUT2D eigenvalue weighted by atomic mass is 10.1. The maximum Gasteiger partial charge on any atom is 0.0581 e. The van der Waals surface area contributed by atoms with Crippen molar-refractivity contribution in [1.82, 2.24) is 0 Å². The molecule has 0 bridgehead atoms. The van der Waals surface area contributed by atoms with E-state index in [9.17, 15) is 0 Å². The molecule has 1 nitrogen and oxygen atoms in total. The van der Waals surface area contributed by atoms with Crippen LogP contribution in [0.4, 0.5) is 5.69 Å². The van der Waals surface area contributed by atoms with Crippen molar-refractivity contribution in [3.8, 4) is 0 Å². The largest absolute Gasteiger partial charge is 0.377 e. The van der Waals surface area contributed by atoms with E-state index >= 15 is 0 Å². The van der Waals surface area contributed by atoms with E-state index in [4.69, 9.17) is 11.6 Å². The Morgan fingerprint density at radius 3 is 2.52 bits per heavy atom. The first-order valence-electron chi connectivity index (χ1n) is 7.07. The molecule has 3 rings (SSSR count). The van der Waals surface area contributed by atoms with Crippen molar-refractivity contribution in [2.75, 3.05) is 5.32 Å². The number of aryl methyl sites for hydroxylation is 1. The molecule has 1 aromatic heterocycles. The normalized spacial score (nSPS) is 12.6. The van der Waals surface area contributed by atoms with Gasteiger partial charge in [0.05, 0.1) is 6.04 Å². The van der Waals surface area contributed by atoms with Crippen LogP contribution in [0.1, 0.15) is 29.0 Å². The summed E-state index contributed by atoms with van der Waals surface area (Å²) in [7, 11) is 0. The number of hydrogen-bond donors (Lipinski definition) is 1. The van der Waals surface area contributed by atoms with Gasteiger partial charge in [0.25, 0.3) is 0 Å². The maximum atomic E-state index is 6.20. The first-order chi connectivity index (χ1) is 10.1. The van der Waals surface area contributed by atoms with E-state index in [1.165, 1.54) is 20.5 Å². The number of hydrogen-bond acceptors (Lipinski definition) is 2. The molecule has 0 fully saturated rings. The Balaban J connectivity index is 1.95. The second kappa shape index (κ2) is 5.70. The minimum absolute atomic E-state index is 0.263. The predicted molar refractivity (Wildman–Crippen MR) is 94.8 cm³/mol. The molecule has 1 N–H and O–H groups in total. The highest BCUT2D eigenvalue weighted by atomic mass is 35.5. The van der Waals surface area contributed by atoms with Crippen molar-refractivity contribution in [3.63, 3.8) is 0 Å². The van der Waals surface area contributed by atoms with E-state index in [0.717, 1.165) is 16.3 Å². The summed E-state index contributed by atoms with van der Waals surface area (Å²) in [6, 6.07) is 14.8. The van der Waals surface area contributed by atoms with Crippen LogP contribution in [-0.4, -0.2) is 0 Å². The van der Waals surface area contributed by atoms with Crippen molar-refractivity contribution in [1.29, 1.82) is 0 Å². The van der Waals surface area contributed by atoms with E-state index < -0.39 is 0 Å². The molecule has 0 amide bonds. The molecule has 21 heavy (non-hydrogen) atoms. The Bertz CT molecular complexity index is 791. The third-order valence-electron chi connectivity index (χ3n) is 3.91. The van der Waals surface area contributed by atoms with Gasteiger partial charge in [-0.25, -0.2) is 0 Å². The van der Waals surface area contributed by atoms with E-state index in [0.29, 0.717) is 0 Å². The van der Waals surface area contributed by atoms with Gasteiger partial charge in [-0.3, -0.25) is 0 Å². The molecule has 0 aliphatic rings. The molecule has 108 valence electrons. The van der Waals surface area contributed by atoms with E-state index in [2.05, 4.69) is 56.4 Å². The second-order valence-corrected chi connectivity index (χ2v) is 6.86. The van der Waals surface area contributed by atoms with Crippen LogP contribution in [0.2, 0.25) is 5.02 Å². The van der Waals surface area contributed by atoms with Crippen LogP contribution in [0.15, 0.2) is 42.5 Å². The second-order valence-electron chi connectivity index (χ2n) is 5.37. The van der Waals surface area contributed by atoms with Crippen LogP contribution in [0.3, 0.4) is 0 Å². The van der Waals surface area contributed by atoms with Gasteiger partial charge in [0, 0.05) is 20.3 Å². The standard InChI is InChI=1S/C18H18ClNS/c1-11-14-7-4-5-10-17(14)21-18(11)13(3)20-16-9-6-8-15(19)12(16)2/h4-10,13,20H,1-3H3. The topological polar surface area (TPSA) is 12.0 Å². The van der Waals surface area contributed by atoms with Crippen LogP contribution in [-0.2, 0) is 0 Å². The molecular formula is C18H18ClNS. The van der Waals surface area contributed by atoms with Gasteiger partial charge in [0.2, 0.25) is 0 Å². The van der Waals surface area contributed by atoms with Gasteiger partial charge in [-0.15, -0.1) is 11.3 Å². The summed E-state index contributed by atoms with van der Waals surface area (Å²) in [5.41, 5.74) is 3.58. The Hall–Kier alpha value is -1.51. The van der Waals surface area contributed by atoms with Gasteiger partial charge < -0.3 is 5.32 Å². The van der Waals surface area contributed by atoms with Gasteiger partial charge in [-0.05, 0) is 55.5 Å². The Labute approximate surface area is 134 Å². The van der Waals surface area contributed by atoms with Crippen LogP contribution in [0.25, 0.3) is 10.1 Å². The zero-order valence-electron chi connectivity index (χ0n) is 12.4. The summed E-state index contributed by atoms with van der Waals surface area (Å²) in [5, 5.41) is 5.76. The summed E-state index contributed by atoms with van der Waals surface area (Å²) >= 11 is 8.07. The summed E-state index contributed by atoms with van der Waals surface area (Å²) in [6.45, 7) is 6.46. The first kappa shape index (κ1) is 14.4. The molecule has 1 atom stereocenters. The molecular weight excluding hydrogens is 298 g/mol. The highest BCUT2D eigenvalue weighted by Crippen LogP contribution is 2.36. The molecule has 3 heteroatoms. The first-order valence-corrected chi connectivity index (χ1v) is 8.27. The third-order valence-corrected chi connectivity index (χ3v) is 5.78. The summed E-state index contributed by atoms with van der Waals surface area (Å²) in [5.74, 6) is 0. The zero-order chi connectivity index (χ0) is 15.0. The van der Waals surface area contributed by atoms with Gasteiger partial charge in [-0.2, -0.15) is 0 Å². The smallest absolute Gasteiger partial charge is 0.0581 e. The molecule has 0 aliphatic carbocycles. The fourth-order valence-corrected chi connectivity index (χ4v) is 4.06. The molecule has 0 saturated carbocycles. The lowest BCUT2D eigenvalue weighted by molar-refractivity contribution is 0.898. The number of halogens is 1. The minimum Gasteiger partial charge on any atom is -0.377 e. The third kappa shape index (κ3) is 2.66. The fraction of sp³-hybridized carbons (Fsp3) is 0.222. The van der Waals surface area contributed by atoms with Crippen molar-refractivity contribution in [3.05, 3.63) is 63.5 Å². The number of fused-ring (bicyclic) bond motifs is 1. The van der Waals surface area contributed by atoms with Gasteiger partial charge in [0.1, 0.15) is 0 Å². The quantitative estimate of drug-likeness (QED) is 0.594. The highest BCUT2D eigenvalue weighted by molar-refractivity contribution is 7.19. The van der Waals surface area contributed by atoms with Gasteiger partial charge >= 0.3 is 0 Å². The fourth-order valence-electron chi connectivity index (χ4n) is 2.67. The summed E-state index contributed by atoms with van der Waals surface area (Å²) in [6.07, 6.45) is 0. The lowest BCUT2D eigenvalue weighted by Gasteiger charge is -2.17. The van der Waals surface area contributed by atoms with Crippen molar-refractivity contribution in [2.24, 2.45) is 0 Å². The molecule has 0 aliphatic heterocycles. The van der Waals surface area contributed by atoms with E-state index in [1.54, 1.807) is 0 Å². The summed E-state index contributed by atoms with van der Waals surface area (Å²) in [4.78, 5) is 1.38. The monoisotopic (exact) mass is 315 g/mol. The SMILES string of the molecule is Cc1c(Cl)cccc1NC(C)c1sc2ccccc2c1C. The zero-order valence-corrected chi connectivity index (χ0v) is 14.0. The van der Waals surface area contributed by atoms with Gasteiger partial charge in [0.15, 0.2) is 0 Å². The number of anilines is 1. The van der Waals surface area contributed by atoms with Crippen LogP contribution in [0, 0.1) is 13.8 Å². The molecule has 1 heterocycles. The van der Waals surface area contributed by atoms with E-state index in [-0.39, 0.29) is 6.04 Å². The molecule has 0 saturated heterocycles. The number of rotatable bonds is 3. The molecule has 2 aromatic carbocycles. The van der Waals surface area contributed by atoms with Crippen molar-refractivity contribution >= 4 is 38.7 Å². The predicted octanol–water partition coefficient (Wildman–Crippen LogP) is 6.34.